The van der Waals surface area contributed by atoms with E-state index in [1.165, 1.54) is 77.0 Å². The van der Waals surface area contributed by atoms with Gasteiger partial charge >= 0.3 is 0 Å². The molecule has 0 aromatic rings. The first kappa shape index (κ1) is 46.8. The lowest BCUT2D eigenvalue weighted by Gasteiger charge is -2.45. The molecule has 47 heavy (non-hydrogen) atoms. The number of hydrogen-bond acceptors (Lipinski definition) is 6. The monoisotopic (exact) mass is 673 g/mol. The molecule has 0 radical (unpaired) electrons. The highest BCUT2D eigenvalue weighted by Gasteiger charge is 2.49. The van der Waals surface area contributed by atoms with Gasteiger partial charge in [0, 0.05) is 11.8 Å². The normalized spacial score (nSPS) is 13.8. The summed E-state index contributed by atoms with van der Waals surface area (Å²) in [5.74, 6) is -2.07. The first-order valence-corrected chi connectivity index (χ1v) is 20.8. The minimum absolute atomic E-state index is 0.0393. The molecule has 0 saturated carbocycles. The number of unbranched alkanes of at least 4 members (excludes halogenated alkanes) is 12. The highest BCUT2D eigenvalue weighted by atomic mass is 16.9. The van der Waals surface area contributed by atoms with Gasteiger partial charge in [0.15, 0.2) is 0 Å². The second-order valence-corrected chi connectivity index (χ2v) is 13.7. The minimum atomic E-state index is -1.07. The molecule has 0 aliphatic heterocycles. The van der Waals surface area contributed by atoms with E-state index in [-0.39, 0.29) is 11.8 Å². The highest BCUT2D eigenvalue weighted by molar-refractivity contribution is 4.82. The van der Waals surface area contributed by atoms with Crippen molar-refractivity contribution in [1.82, 2.24) is 0 Å². The number of ether oxygens (including phenoxy) is 6. The summed E-state index contributed by atoms with van der Waals surface area (Å²) in [5.41, 5.74) is 0. The average Bonchev–Trinajstić information content (AvgIpc) is 3.09. The van der Waals surface area contributed by atoms with Crippen LogP contribution in [0.4, 0.5) is 0 Å². The van der Waals surface area contributed by atoms with E-state index in [0.29, 0.717) is 39.6 Å². The molecule has 0 amide bonds. The van der Waals surface area contributed by atoms with Crippen molar-refractivity contribution in [2.24, 2.45) is 11.8 Å². The number of rotatable bonds is 38. The molecule has 0 saturated heterocycles. The Morgan fingerprint density at radius 1 is 0.298 bits per heavy atom. The topological polar surface area (TPSA) is 55.4 Å². The predicted octanol–water partition coefficient (Wildman–Crippen LogP) is 12.8. The van der Waals surface area contributed by atoms with Gasteiger partial charge in [-0.2, -0.15) is 0 Å². The molecule has 0 aromatic heterocycles. The zero-order valence-corrected chi connectivity index (χ0v) is 33.1. The van der Waals surface area contributed by atoms with Crippen LogP contribution in [0.3, 0.4) is 0 Å². The Hall–Kier alpha value is -0.240. The Morgan fingerprint density at radius 2 is 0.532 bits per heavy atom. The van der Waals surface area contributed by atoms with E-state index in [0.717, 1.165) is 70.6 Å². The first-order valence-electron chi connectivity index (χ1n) is 20.8. The third-order valence-corrected chi connectivity index (χ3v) is 8.93. The third-order valence-electron chi connectivity index (χ3n) is 8.93. The summed E-state index contributed by atoms with van der Waals surface area (Å²) in [7, 11) is 0. The summed E-state index contributed by atoms with van der Waals surface area (Å²) < 4.78 is 40.4. The van der Waals surface area contributed by atoms with Crippen LogP contribution in [0.25, 0.3) is 0 Å². The molecule has 0 aromatic carbocycles. The van der Waals surface area contributed by atoms with Crippen molar-refractivity contribution in [3.63, 3.8) is 0 Å². The number of hydrogen-bond donors (Lipinski definition) is 0. The van der Waals surface area contributed by atoms with Gasteiger partial charge in [0.25, 0.3) is 11.9 Å². The second-order valence-electron chi connectivity index (χ2n) is 13.7. The van der Waals surface area contributed by atoms with Gasteiger partial charge in [0.1, 0.15) is 0 Å². The smallest absolute Gasteiger partial charge is 0.285 e. The molecular weight excluding hydrogens is 588 g/mol. The van der Waals surface area contributed by atoms with Crippen LogP contribution in [0.2, 0.25) is 0 Å². The molecule has 0 aliphatic carbocycles. The van der Waals surface area contributed by atoms with Gasteiger partial charge in [0.2, 0.25) is 0 Å². The van der Waals surface area contributed by atoms with E-state index in [4.69, 9.17) is 28.4 Å². The van der Waals surface area contributed by atoms with Crippen molar-refractivity contribution in [2.75, 3.05) is 39.6 Å². The zero-order valence-electron chi connectivity index (χ0n) is 33.1. The maximum Gasteiger partial charge on any atom is 0.285 e. The lowest BCUT2D eigenvalue weighted by molar-refractivity contribution is -0.426. The van der Waals surface area contributed by atoms with Crippen LogP contribution in [0, 0.1) is 11.8 Å². The van der Waals surface area contributed by atoms with E-state index < -0.39 is 11.9 Å². The van der Waals surface area contributed by atoms with Gasteiger partial charge < -0.3 is 28.4 Å². The largest absolute Gasteiger partial charge is 0.327 e. The molecule has 6 heteroatoms. The minimum Gasteiger partial charge on any atom is -0.327 e. The summed E-state index contributed by atoms with van der Waals surface area (Å²) in [6, 6.07) is 0. The Balaban J connectivity index is 6.64. The lowest BCUT2D eigenvalue weighted by atomic mass is 9.83. The van der Waals surface area contributed by atoms with Crippen LogP contribution >= 0.6 is 0 Å². The van der Waals surface area contributed by atoms with Crippen molar-refractivity contribution in [2.45, 2.75) is 215 Å². The average molecular weight is 673 g/mol. The molecular formula is C41H84O6. The maximum atomic E-state index is 6.73. The van der Waals surface area contributed by atoms with Crippen molar-refractivity contribution in [3.05, 3.63) is 0 Å². The van der Waals surface area contributed by atoms with Crippen LogP contribution in [0.15, 0.2) is 0 Å². The standard InChI is InChI=1S/C41H84O6/c1-9-17-19-21-23-25-27-29-38(40(42-31-11-3,43-32-12-4)44-33-13-5)37-39(30-28-26-24-22-20-18-10-2)41(45-34-14-6,46-35-15-7)47-36-16-8/h38-39H,9-37H2,1-8H3. The zero-order chi connectivity index (χ0) is 34.9. The first-order chi connectivity index (χ1) is 23.0. The fraction of sp³-hybridized carbons (Fsp3) is 1.00. The van der Waals surface area contributed by atoms with Gasteiger partial charge in [-0.05, 0) is 57.8 Å². The van der Waals surface area contributed by atoms with Crippen LogP contribution in [0.5, 0.6) is 0 Å². The van der Waals surface area contributed by atoms with Crippen LogP contribution in [0.1, 0.15) is 203 Å². The summed E-state index contributed by atoms with van der Waals surface area (Å²) in [6.45, 7) is 21.2. The van der Waals surface area contributed by atoms with E-state index in [2.05, 4.69) is 55.4 Å². The van der Waals surface area contributed by atoms with Gasteiger partial charge in [0.05, 0.1) is 39.6 Å². The molecule has 0 heterocycles. The lowest BCUT2D eigenvalue weighted by Crippen LogP contribution is -2.52. The fourth-order valence-corrected chi connectivity index (χ4v) is 6.34. The Labute approximate surface area is 294 Å². The molecule has 0 spiro atoms. The quantitative estimate of drug-likeness (QED) is 0.0480. The summed E-state index contributed by atoms with van der Waals surface area (Å²) in [5, 5.41) is 0. The van der Waals surface area contributed by atoms with Crippen molar-refractivity contribution < 1.29 is 28.4 Å². The molecule has 0 rings (SSSR count). The highest BCUT2D eigenvalue weighted by Crippen LogP contribution is 2.42. The van der Waals surface area contributed by atoms with Gasteiger partial charge in [-0.15, -0.1) is 0 Å². The van der Waals surface area contributed by atoms with Gasteiger partial charge in [-0.3, -0.25) is 0 Å². The summed E-state index contributed by atoms with van der Waals surface area (Å²) >= 11 is 0. The van der Waals surface area contributed by atoms with E-state index in [9.17, 15) is 0 Å². The molecule has 0 N–H and O–H groups in total. The second kappa shape index (κ2) is 32.9. The van der Waals surface area contributed by atoms with E-state index >= 15 is 0 Å². The van der Waals surface area contributed by atoms with Crippen molar-refractivity contribution in [1.29, 1.82) is 0 Å². The van der Waals surface area contributed by atoms with E-state index in [1.807, 2.05) is 0 Å². The summed E-state index contributed by atoms with van der Waals surface area (Å²) in [4.78, 5) is 0. The van der Waals surface area contributed by atoms with Crippen LogP contribution in [-0.2, 0) is 28.4 Å². The van der Waals surface area contributed by atoms with Crippen molar-refractivity contribution >= 4 is 0 Å². The fourth-order valence-electron chi connectivity index (χ4n) is 6.34. The predicted molar refractivity (Wildman–Crippen MR) is 200 cm³/mol. The molecule has 2 unspecified atom stereocenters. The molecule has 0 fully saturated rings. The van der Waals surface area contributed by atoms with Crippen LogP contribution < -0.4 is 0 Å². The van der Waals surface area contributed by atoms with Gasteiger partial charge in [-0.25, -0.2) is 0 Å². The maximum absolute atomic E-state index is 6.73. The van der Waals surface area contributed by atoms with Gasteiger partial charge in [-0.1, -0.05) is 145 Å². The molecule has 0 bridgehead atoms. The Morgan fingerprint density at radius 3 is 0.766 bits per heavy atom. The molecule has 0 aliphatic rings. The van der Waals surface area contributed by atoms with Crippen molar-refractivity contribution in [3.8, 4) is 0 Å². The third kappa shape index (κ3) is 21.6. The molecule has 2 atom stereocenters. The molecule has 6 nitrogen and oxygen atoms in total. The summed E-state index contributed by atoms with van der Waals surface area (Å²) in [6.07, 6.45) is 26.1. The SMILES string of the molecule is CCCCCCCCCC(CC(CCCCCCCCC)C(OCCC)(OCCC)OCCC)C(OCCC)(OCCC)OCCC. The Kier molecular flexibility index (Phi) is 32.8. The van der Waals surface area contributed by atoms with E-state index in [1.54, 1.807) is 0 Å². The van der Waals surface area contributed by atoms with Crippen LogP contribution in [-0.4, -0.2) is 51.6 Å². The molecule has 284 valence electrons. The Bertz CT molecular complexity index is 534.